The molecule has 2 fully saturated rings. The minimum atomic E-state index is -3.72. The van der Waals surface area contributed by atoms with Crippen molar-refractivity contribution in [2.24, 2.45) is 0 Å². The molecule has 0 amide bonds. The Labute approximate surface area is 147 Å². The fraction of sp³-hybridized carbons (Fsp3) is 0.625. The molecule has 1 aliphatic carbocycles. The number of nitrogens with zero attached hydrogens (tertiary/aromatic N) is 1. The number of ether oxygens (including phenoxy) is 1. The van der Waals surface area contributed by atoms with E-state index in [1.807, 2.05) is 0 Å². The Bertz CT molecular complexity index is 759. The van der Waals surface area contributed by atoms with Crippen molar-refractivity contribution in [3.63, 3.8) is 0 Å². The number of nitro groups is 1. The highest BCUT2D eigenvalue weighted by Gasteiger charge is 2.40. The third kappa shape index (κ3) is 3.78. The summed E-state index contributed by atoms with van der Waals surface area (Å²) in [4.78, 5) is 10.7. The molecule has 1 aliphatic heterocycles. The fourth-order valence-electron chi connectivity index (χ4n) is 3.81. The van der Waals surface area contributed by atoms with Crippen molar-refractivity contribution in [2.45, 2.75) is 55.1 Å². The number of nitro benzene ring substituents is 1. The van der Waals surface area contributed by atoms with Gasteiger partial charge in [0.2, 0.25) is 10.0 Å². The Hall–Kier alpha value is -1.71. The number of rotatable bonds is 5. The van der Waals surface area contributed by atoms with Crippen molar-refractivity contribution in [3.05, 3.63) is 28.3 Å². The molecule has 1 spiro atoms. The van der Waals surface area contributed by atoms with Crippen LogP contribution in [0.1, 0.15) is 38.5 Å². The SMILES string of the molecule is CNS(=O)(=O)c1ccc(NC2CCOC3(CCCC3)C2)c([N+](=O)[O-])c1. The van der Waals surface area contributed by atoms with Gasteiger partial charge in [0, 0.05) is 18.7 Å². The lowest BCUT2D eigenvalue weighted by atomic mass is 9.89. The lowest BCUT2D eigenvalue weighted by molar-refractivity contribution is -0.384. The van der Waals surface area contributed by atoms with E-state index in [4.69, 9.17) is 4.74 Å². The molecule has 2 aliphatic rings. The minimum absolute atomic E-state index is 0.0808. The van der Waals surface area contributed by atoms with Crippen molar-refractivity contribution < 1.29 is 18.1 Å². The van der Waals surface area contributed by atoms with Gasteiger partial charge >= 0.3 is 0 Å². The summed E-state index contributed by atoms with van der Waals surface area (Å²) >= 11 is 0. The first-order valence-electron chi connectivity index (χ1n) is 8.48. The van der Waals surface area contributed by atoms with Gasteiger partial charge in [-0.2, -0.15) is 0 Å². The first kappa shape index (κ1) is 18.1. The largest absolute Gasteiger partial charge is 0.377 e. The van der Waals surface area contributed by atoms with Crippen LogP contribution >= 0.6 is 0 Å². The Morgan fingerprint density at radius 2 is 2.04 bits per heavy atom. The fourth-order valence-corrected chi connectivity index (χ4v) is 4.56. The molecule has 8 nitrogen and oxygen atoms in total. The van der Waals surface area contributed by atoms with Gasteiger partial charge in [0.1, 0.15) is 5.69 Å². The Balaban J connectivity index is 1.83. The van der Waals surface area contributed by atoms with Crippen LogP contribution in [0, 0.1) is 10.1 Å². The summed E-state index contributed by atoms with van der Waals surface area (Å²) in [6, 6.07) is 4.03. The topological polar surface area (TPSA) is 111 Å². The van der Waals surface area contributed by atoms with Gasteiger partial charge in [-0.15, -0.1) is 0 Å². The van der Waals surface area contributed by atoms with Gasteiger partial charge in [-0.3, -0.25) is 10.1 Å². The van der Waals surface area contributed by atoms with E-state index in [0.717, 1.165) is 44.6 Å². The maximum absolute atomic E-state index is 11.9. The second-order valence-electron chi connectivity index (χ2n) is 6.72. The van der Waals surface area contributed by atoms with E-state index in [-0.39, 0.29) is 22.2 Å². The smallest absolute Gasteiger partial charge is 0.293 e. The predicted molar refractivity (Wildman–Crippen MR) is 93.1 cm³/mol. The number of hydrogen-bond donors (Lipinski definition) is 2. The van der Waals surface area contributed by atoms with Crippen LogP contribution in [-0.2, 0) is 14.8 Å². The second-order valence-corrected chi connectivity index (χ2v) is 8.60. The first-order chi connectivity index (χ1) is 11.9. The van der Waals surface area contributed by atoms with Crippen LogP contribution in [0.15, 0.2) is 23.1 Å². The third-order valence-corrected chi connectivity index (χ3v) is 6.52. The molecule has 138 valence electrons. The average Bonchev–Trinajstić information content (AvgIpc) is 3.02. The highest BCUT2D eigenvalue weighted by Crippen LogP contribution is 2.41. The van der Waals surface area contributed by atoms with Crippen LogP contribution in [0.4, 0.5) is 11.4 Å². The monoisotopic (exact) mass is 369 g/mol. The van der Waals surface area contributed by atoms with Gasteiger partial charge < -0.3 is 10.1 Å². The molecule has 3 rings (SSSR count). The van der Waals surface area contributed by atoms with E-state index in [9.17, 15) is 18.5 Å². The number of hydrogen-bond acceptors (Lipinski definition) is 6. The summed E-state index contributed by atoms with van der Waals surface area (Å²) < 4.78 is 31.9. The van der Waals surface area contributed by atoms with E-state index in [2.05, 4.69) is 10.0 Å². The van der Waals surface area contributed by atoms with Crippen molar-refractivity contribution in [3.8, 4) is 0 Å². The zero-order valence-corrected chi connectivity index (χ0v) is 15.0. The quantitative estimate of drug-likeness (QED) is 0.609. The Morgan fingerprint density at radius 3 is 2.68 bits per heavy atom. The molecule has 9 heteroatoms. The van der Waals surface area contributed by atoms with Crippen LogP contribution in [0.2, 0.25) is 0 Å². The van der Waals surface area contributed by atoms with Crippen LogP contribution in [0.25, 0.3) is 0 Å². The van der Waals surface area contributed by atoms with Gasteiger partial charge in [-0.25, -0.2) is 13.1 Å². The molecule has 1 aromatic carbocycles. The maximum atomic E-state index is 11.9. The standard InChI is InChI=1S/C16H23N3O5S/c1-17-25(22,23)13-4-5-14(15(10-13)19(20)21)18-12-6-9-24-16(11-12)7-2-3-8-16/h4-5,10,12,17-18H,2-3,6-9,11H2,1H3. The molecule has 1 saturated carbocycles. The maximum Gasteiger partial charge on any atom is 0.293 e. The molecule has 1 atom stereocenters. The van der Waals surface area contributed by atoms with Crippen LogP contribution < -0.4 is 10.0 Å². The summed E-state index contributed by atoms with van der Waals surface area (Å²) in [5.74, 6) is 0. The number of benzene rings is 1. The second kappa shape index (κ2) is 6.89. The number of nitrogens with one attached hydrogen (secondary N) is 2. The highest BCUT2D eigenvalue weighted by molar-refractivity contribution is 7.89. The van der Waals surface area contributed by atoms with Crippen molar-refractivity contribution >= 4 is 21.4 Å². The molecular weight excluding hydrogens is 346 g/mol. The van der Waals surface area contributed by atoms with Crippen LogP contribution in [0.5, 0.6) is 0 Å². The van der Waals surface area contributed by atoms with Gasteiger partial charge in [-0.1, -0.05) is 12.8 Å². The van der Waals surface area contributed by atoms with Crippen LogP contribution in [-0.4, -0.2) is 38.6 Å². The number of sulfonamides is 1. The van der Waals surface area contributed by atoms with E-state index < -0.39 is 14.9 Å². The molecule has 1 aromatic rings. The highest BCUT2D eigenvalue weighted by atomic mass is 32.2. The van der Waals surface area contributed by atoms with Gasteiger partial charge in [0.05, 0.1) is 15.4 Å². The summed E-state index contributed by atoms with van der Waals surface area (Å²) in [7, 11) is -2.45. The van der Waals surface area contributed by atoms with Crippen molar-refractivity contribution in [1.82, 2.24) is 4.72 Å². The molecule has 25 heavy (non-hydrogen) atoms. The summed E-state index contributed by atoms with van der Waals surface area (Å²) in [6.07, 6.45) is 5.97. The average molecular weight is 369 g/mol. The lowest BCUT2D eigenvalue weighted by Crippen LogP contribution is -2.42. The molecule has 1 heterocycles. The summed E-state index contributed by atoms with van der Waals surface area (Å²) in [5.41, 5.74) is 0.0171. The number of anilines is 1. The van der Waals surface area contributed by atoms with E-state index in [1.165, 1.54) is 19.2 Å². The normalized spacial score (nSPS) is 22.8. The third-order valence-electron chi connectivity index (χ3n) is 5.11. The summed E-state index contributed by atoms with van der Waals surface area (Å²) in [6.45, 7) is 0.637. The molecule has 0 radical (unpaired) electrons. The van der Waals surface area contributed by atoms with Gasteiger partial charge in [-0.05, 0) is 44.9 Å². The molecule has 0 aromatic heterocycles. The predicted octanol–water partition coefficient (Wildman–Crippen LogP) is 2.41. The summed E-state index contributed by atoms with van der Waals surface area (Å²) in [5, 5.41) is 14.6. The zero-order valence-electron chi connectivity index (χ0n) is 14.2. The van der Waals surface area contributed by atoms with Gasteiger partial charge in [0.25, 0.3) is 5.69 Å². The van der Waals surface area contributed by atoms with Crippen LogP contribution in [0.3, 0.4) is 0 Å². The molecule has 0 bridgehead atoms. The van der Waals surface area contributed by atoms with E-state index >= 15 is 0 Å². The molecular formula is C16H23N3O5S. The molecule has 1 saturated heterocycles. The molecule has 2 N–H and O–H groups in total. The van der Waals surface area contributed by atoms with Crippen molar-refractivity contribution in [1.29, 1.82) is 0 Å². The first-order valence-corrected chi connectivity index (χ1v) is 9.96. The lowest BCUT2D eigenvalue weighted by Gasteiger charge is -2.38. The zero-order chi connectivity index (χ0) is 18.1. The Morgan fingerprint density at radius 1 is 1.32 bits per heavy atom. The Kier molecular flexibility index (Phi) is 4.99. The van der Waals surface area contributed by atoms with E-state index in [1.54, 1.807) is 0 Å². The van der Waals surface area contributed by atoms with Gasteiger partial charge in [0.15, 0.2) is 0 Å². The van der Waals surface area contributed by atoms with Crippen molar-refractivity contribution in [2.75, 3.05) is 19.0 Å². The molecule has 1 unspecified atom stereocenters. The van der Waals surface area contributed by atoms with E-state index in [0.29, 0.717) is 12.3 Å². The minimum Gasteiger partial charge on any atom is -0.377 e.